The van der Waals surface area contributed by atoms with Gasteiger partial charge in [0, 0.05) is 31.3 Å². The Labute approximate surface area is 168 Å². The van der Waals surface area contributed by atoms with E-state index in [1.807, 2.05) is 24.3 Å². The summed E-state index contributed by atoms with van der Waals surface area (Å²) in [4.78, 5) is 15.3. The minimum atomic E-state index is -3.79. The number of hydrogen-bond acceptors (Lipinski definition) is 5. The van der Waals surface area contributed by atoms with Crippen molar-refractivity contribution < 1.29 is 17.9 Å². The largest absolute Gasteiger partial charge is 0.497 e. The molecule has 8 nitrogen and oxygen atoms in total. The lowest BCUT2D eigenvalue weighted by atomic mass is 10.2. The van der Waals surface area contributed by atoms with Crippen LogP contribution in [0.1, 0.15) is 6.42 Å². The molecule has 0 saturated carbocycles. The van der Waals surface area contributed by atoms with Crippen molar-refractivity contribution in [1.29, 1.82) is 0 Å². The van der Waals surface area contributed by atoms with E-state index in [-0.39, 0.29) is 29.4 Å². The first-order valence-corrected chi connectivity index (χ1v) is 10.5. The minimum absolute atomic E-state index is 0.0560. The normalized spacial score (nSPS) is 15.3. The molecular formula is C20H21N3O5S. The van der Waals surface area contributed by atoms with E-state index in [1.54, 1.807) is 22.8 Å². The minimum Gasteiger partial charge on any atom is -0.497 e. The zero-order valence-electron chi connectivity index (χ0n) is 16.1. The molecule has 9 heteroatoms. The summed E-state index contributed by atoms with van der Waals surface area (Å²) in [5, 5.41) is 0. The van der Waals surface area contributed by atoms with Crippen molar-refractivity contribution in [3.63, 3.8) is 0 Å². The van der Waals surface area contributed by atoms with E-state index in [0.717, 1.165) is 16.7 Å². The quantitative estimate of drug-likeness (QED) is 0.690. The van der Waals surface area contributed by atoms with Gasteiger partial charge in [-0.25, -0.2) is 13.2 Å². The smallest absolute Gasteiger partial charge is 0.330 e. The molecule has 2 aromatic carbocycles. The first-order valence-electron chi connectivity index (χ1n) is 9.07. The van der Waals surface area contributed by atoms with Crippen molar-refractivity contribution in [3.05, 3.63) is 59.0 Å². The van der Waals surface area contributed by atoms with Gasteiger partial charge < -0.3 is 14.5 Å². The highest BCUT2D eigenvalue weighted by molar-refractivity contribution is 7.89. The zero-order valence-corrected chi connectivity index (χ0v) is 16.9. The molecule has 0 bridgehead atoms. The third kappa shape index (κ3) is 3.32. The Hall–Kier alpha value is -3.04. The van der Waals surface area contributed by atoms with E-state index in [2.05, 4.69) is 4.98 Å². The Bertz CT molecular complexity index is 1260. The molecule has 0 radical (unpaired) electrons. The fraction of sp³-hybridized carbons (Fsp3) is 0.250. The Morgan fingerprint density at radius 3 is 2.55 bits per heavy atom. The summed E-state index contributed by atoms with van der Waals surface area (Å²) < 4.78 is 39.8. The van der Waals surface area contributed by atoms with Gasteiger partial charge in [0.15, 0.2) is 0 Å². The third-order valence-electron chi connectivity index (χ3n) is 5.01. The van der Waals surface area contributed by atoms with Gasteiger partial charge in [-0.05, 0) is 30.3 Å². The molecule has 1 aliphatic rings. The first kappa shape index (κ1) is 19.3. The molecule has 0 saturated heterocycles. The van der Waals surface area contributed by atoms with Crippen LogP contribution >= 0.6 is 0 Å². The van der Waals surface area contributed by atoms with Gasteiger partial charge in [0.25, 0.3) is 0 Å². The predicted molar refractivity (Wildman–Crippen MR) is 110 cm³/mol. The molecule has 4 rings (SSSR count). The van der Waals surface area contributed by atoms with Crippen molar-refractivity contribution in [2.75, 3.05) is 27.3 Å². The van der Waals surface area contributed by atoms with Gasteiger partial charge in [0.2, 0.25) is 10.0 Å². The molecule has 3 aromatic rings. The van der Waals surface area contributed by atoms with Gasteiger partial charge in [-0.3, -0.25) is 4.57 Å². The number of ether oxygens (including phenoxy) is 2. The fourth-order valence-corrected chi connectivity index (χ4v) is 5.08. The van der Waals surface area contributed by atoms with Crippen LogP contribution in [0.4, 0.5) is 0 Å². The number of methoxy groups -OCH3 is 2. The van der Waals surface area contributed by atoms with Crippen LogP contribution in [-0.4, -0.2) is 49.6 Å². The summed E-state index contributed by atoms with van der Waals surface area (Å²) in [5.74, 6) is 0.691. The van der Waals surface area contributed by atoms with E-state index in [4.69, 9.17) is 9.47 Å². The maximum Gasteiger partial charge on any atom is 0.330 e. The predicted octanol–water partition coefficient (Wildman–Crippen LogP) is 2.28. The lowest BCUT2D eigenvalue weighted by molar-refractivity contribution is 0.386. The van der Waals surface area contributed by atoms with E-state index < -0.39 is 10.0 Å². The molecule has 0 aliphatic carbocycles. The number of H-pyrrole nitrogens is 1. The van der Waals surface area contributed by atoms with Crippen LogP contribution in [0.5, 0.6) is 11.5 Å². The summed E-state index contributed by atoms with van der Waals surface area (Å²) in [7, 11) is -0.885. The number of fused-ring (bicyclic) bond motifs is 1. The summed E-state index contributed by atoms with van der Waals surface area (Å²) in [6.45, 7) is 0.407. The maximum absolute atomic E-state index is 13.2. The number of hydrogen-bond donors (Lipinski definition) is 1. The number of rotatable bonds is 5. The van der Waals surface area contributed by atoms with E-state index >= 15 is 0 Å². The molecule has 1 N–H and O–H groups in total. The van der Waals surface area contributed by atoms with Crippen LogP contribution in [0.2, 0.25) is 0 Å². The number of imidazole rings is 1. The van der Waals surface area contributed by atoms with Gasteiger partial charge in [-0.15, -0.1) is 0 Å². The van der Waals surface area contributed by atoms with Crippen molar-refractivity contribution >= 4 is 26.8 Å². The Kier molecular flexibility index (Phi) is 4.93. The number of para-hydroxylation sites is 2. The number of nitrogens with one attached hydrogen (secondary N) is 1. The maximum atomic E-state index is 13.2. The summed E-state index contributed by atoms with van der Waals surface area (Å²) in [5.41, 5.74) is 2.06. The molecule has 0 atom stereocenters. The van der Waals surface area contributed by atoms with Crippen molar-refractivity contribution in [1.82, 2.24) is 13.9 Å². The second-order valence-electron chi connectivity index (χ2n) is 6.61. The number of nitrogens with zero attached hydrogens (tertiary/aromatic N) is 2. The molecule has 1 aromatic heterocycles. The lowest BCUT2D eigenvalue weighted by Gasteiger charge is -2.26. The van der Waals surface area contributed by atoms with Crippen LogP contribution in [0.25, 0.3) is 16.7 Å². The van der Waals surface area contributed by atoms with Crippen LogP contribution in [0.3, 0.4) is 0 Å². The van der Waals surface area contributed by atoms with Crippen LogP contribution in [0.15, 0.2) is 58.2 Å². The monoisotopic (exact) mass is 415 g/mol. The number of aromatic amines is 1. The summed E-state index contributed by atoms with van der Waals surface area (Å²) in [6.07, 6.45) is 2.18. The molecule has 0 amide bonds. The van der Waals surface area contributed by atoms with Crippen LogP contribution < -0.4 is 15.2 Å². The highest BCUT2D eigenvalue weighted by atomic mass is 32.2. The van der Waals surface area contributed by atoms with Crippen molar-refractivity contribution in [3.8, 4) is 11.5 Å². The number of benzene rings is 2. The average molecular weight is 415 g/mol. The average Bonchev–Trinajstić information content (AvgIpc) is 3.09. The van der Waals surface area contributed by atoms with E-state index in [9.17, 15) is 13.2 Å². The lowest BCUT2D eigenvalue weighted by Crippen LogP contribution is -2.36. The van der Waals surface area contributed by atoms with Crippen LogP contribution in [0, 0.1) is 0 Å². The van der Waals surface area contributed by atoms with Gasteiger partial charge in [0.1, 0.15) is 16.4 Å². The molecule has 0 unspecified atom stereocenters. The molecule has 0 fully saturated rings. The van der Waals surface area contributed by atoms with Crippen molar-refractivity contribution in [2.24, 2.45) is 0 Å². The van der Waals surface area contributed by atoms with Gasteiger partial charge in [-0.2, -0.15) is 4.31 Å². The standard InChI is InChI=1S/C20H21N3O5S/c1-27-15-7-8-18(28-2)19(13-15)29(25,26)22-11-9-14(10-12-22)23-17-6-4-3-5-16(17)21-20(23)24/h3-9,13H,10-12H2,1-2H3,(H,21,24). The second-order valence-corrected chi connectivity index (χ2v) is 8.51. The Morgan fingerprint density at radius 1 is 1.07 bits per heavy atom. The van der Waals surface area contributed by atoms with Crippen LogP contribution in [-0.2, 0) is 10.0 Å². The Morgan fingerprint density at radius 2 is 1.86 bits per heavy atom. The first-order chi connectivity index (χ1) is 14.0. The molecule has 152 valence electrons. The number of sulfonamides is 1. The van der Waals surface area contributed by atoms with E-state index in [0.29, 0.717) is 12.2 Å². The molecule has 2 heterocycles. The Balaban J connectivity index is 1.68. The van der Waals surface area contributed by atoms with Gasteiger partial charge in [0.05, 0.1) is 25.3 Å². The molecule has 1 aliphatic heterocycles. The summed E-state index contributed by atoms with van der Waals surface area (Å²) in [6, 6.07) is 12.1. The van der Waals surface area contributed by atoms with Gasteiger partial charge in [-0.1, -0.05) is 12.1 Å². The van der Waals surface area contributed by atoms with Crippen molar-refractivity contribution in [2.45, 2.75) is 11.3 Å². The van der Waals surface area contributed by atoms with Gasteiger partial charge >= 0.3 is 5.69 Å². The fourth-order valence-electron chi connectivity index (χ4n) is 3.53. The number of aromatic nitrogens is 2. The topological polar surface area (TPSA) is 93.6 Å². The SMILES string of the molecule is COc1ccc(OC)c(S(=O)(=O)N2CC=C(n3c(=O)[nH]c4ccccc43)CC2)c1. The highest BCUT2D eigenvalue weighted by Gasteiger charge is 2.30. The highest BCUT2D eigenvalue weighted by Crippen LogP contribution is 2.32. The third-order valence-corrected chi connectivity index (χ3v) is 6.90. The molecule has 29 heavy (non-hydrogen) atoms. The summed E-state index contributed by atoms with van der Waals surface area (Å²) >= 11 is 0. The zero-order chi connectivity index (χ0) is 20.6. The molecule has 0 spiro atoms. The van der Waals surface area contributed by atoms with E-state index in [1.165, 1.54) is 24.6 Å². The second kappa shape index (κ2) is 7.41. The molecular weight excluding hydrogens is 394 g/mol.